The van der Waals surface area contributed by atoms with Crippen molar-refractivity contribution in [2.24, 2.45) is 5.73 Å². The number of nitrogens with two attached hydrogens (primary N) is 1. The molecule has 2 rings (SSSR count). The number of anilines is 1. The van der Waals surface area contributed by atoms with E-state index in [1.807, 2.05) is 37.3 Å². The van der Waals surface area contributed by atoms with Crippen molar-refractivity contribution >= 4 is 22.9 Å². The van der Waals surface area contributed by atoms with E-state index in [4.69, 9.17) is 22.5 Å². The highest BCUT2D eigenvalue weighted by atomic mass is 32.1. The first kappa shape index (κ1) is 11.6. The fraction of sp³-hybridized carbons (Fsp3) is 0.167. The number of rotatable bonds is 4. The van der Waals surface area contributed by atoms with Gasteiger partial charge in [-0.3, -0.25) is 0 Å². The topological polar surface area (TPSA) is 64.1 Å². The van der Waals surface area contributed by atoms with Crippen LogP contribution in [0.2, 0.25) is 0 Å². The van der Waals surface area contributed by atoms with E-state index < -0.39 is 0 Å². The monoisotopic (exact) mass is 247 g/mol. The largest absolute Gasteiger partial charge is 0.389 e. The van der Waals surface area contributed by atoms with Gasteiger partial charge in [-0.2, -0.15) is 0 Å². The molecule has 0 aliphatic carbocycles. The van der Waals surface area contributed by atoms with Crippen molar-refractivity contribution in [2.75, 3.05) is 5.32 Å². The Kier molecular flexibility index (Phi) is 3.39. The first-order valence-electron chi connectivity index (χ1n) is 5.21. The van der Waals surface area contributed by atoms with Gasteiger partial charge in [-0.15, -0.1) is 0 Å². The number of para-hydroxylation sites is 1. The van der Waals surface area contributed by atoms with Gasteiger partial charge in [-0.05, 0) is 19.1 Å². The molecule has 0 bridgehead atoms. The Morgan fingerprint density at radius 2 is 2.24 bits per heavy atom. The zero-order valence-electron chi connectivity index (χ0n) is 9.43. The molecule has 0 spiro atoms. The molecule has 1 aromatic carbocycles. The number of nitrogens with one attached hydrogen (secondary N) is 1. The summed E-state index contributed by atoms with van der Waals surface area (Å²) in [6.07, 6.45) is 0. The van der Waals surface area contributed by atoms with Gasteiger partial charge in [0.15, 0.2) is 5.76 Å². The fourth-order valence-electron chi connectivity index (χ4n) is 1.53. The zero-order valence-corrected chi connectivity index (χ0v) is 10.3. The van der Waals surface area contributed by atoms with E-state index in [1.165, 1.54) is 0 Å². The summed E-state index contributed by atoms with van der Waals surface area (Å²) in [5, 5.41) is 7.04. The Balaban J connectivity index is 2.11. The number of thiocarbonyl (C=S) groups is 1. The van der Waals surface area contributed by atoms with Crippen LogP contribution >= 0.6 is 12.2 Å². The summed E-state index contributed by atoms with van der Waals surface area (Å²) in [6, 6.07) is 9.53. The van der Waals surface area contributed by atoms with Crippen molar-refractivity contribution in [3.8, 4) is 0 Å². The molecule has 0 unspecified atom stereocenters. The normalized spacial score (nSPS) is 10.2. The summed E-state index contributed by atoms with van der Waals surface area (Å²) in [5.74, 6) is 0.778. The number of aryl methyl sites for hydroxylation is 1. The van der Waals surface area contributed by atoms with Crippen LogP contribution in [0.3, 0.4) is 0 Å². The number of benzene rings is 1. The van der Waals surface area contributed by atoms with Crippen molar-refractivity contribution in [3.05, 3.63) is 47.3 Å². The van der Waals surface area contributed by atoms with Gasteiger partial charge in [0, 0.05) is 17.3 Å². The molecular formula is C12H13N3OS. The zero-order chi connectivity index (χ0) is 12.3. The van der Waals surface area contributed by atoms with Crippen LogP contribution in [0.5, 0.6) is 0 Å². The van der Waals surface area contributed by atoms with Gasteiger partial charge in [0.25, 0.3) is 0 Å². The molecule has 0 saturated heterocycles. The molecule has 3 N–H and O–H groups in total. The molecular weight excluding hydrogens is 234 g/mol. The second-order valence-corrected chi connectivity index (χ2v) is 4.14. The molecule has 88 valence electrons. The lowest BCUT2D eigenvalue weighted by Gasteiger charge is -2.09. The molecule has 0 radical (unpaired) electrons. The minimum absolute atomic E-state index is 0.377. The lowest BCUT2D eigenvalue weighted by Crippen LogP contribution is -2.12. The molecule has 1 aromatic heterocycles. The van der Waals surface area contributed by atoms with Gasteiger partial charge in [0.2, 0.25) is 0 Å². The molecule has 4 nitrogen and oxygen atoms in total. The minimum Gasteiger partial charge on any atom is -0.389 e. The average molecular weight is 247 g/mol. The highest BCUT2D eigenvalue weighted by Crippen LogP contribution is 2.16. The van der Waals surface area contributed by atoms with Gasteiger partial charge in [0.1, 0.15) is 4.99 Å². The summed E-state index contributed by atoms with van der Waals surface area (Å²) in [7, 11) is 0. The summed E-state index contributed by atoms with van der Waals surface area (Å²) in [5.41, 5.74) is 8.24. The van der Waals surface area contributed by atoms with Gasteiger partial charge in [0.05, 0.1) is 12.2 Å². The second kappa shape index (κ2) is 4.97. The Hall–Kier alpha value is -1.88. The van der Waals surface area contributed by atoms with Crippen molar-refractivity contribution in [3.63, 3.8) is 0 Å². The van der Waals surface area contributed by atoms with Crippen molar-refractivity contribution < 1.29 is 4.52 Å². The molecule has 5 heteroatoms. The minimum atomic E-state index is 0.377. The van der Waals surface area contributed by atoms with Crippen molar-refractivity contribution in [1.29, 1.82) is 0 Å². The van der Waals surface area contributed by atoms with Gasteiger partial charge >= 0.3 is 0 Å². The first-order valence-corrected chi connectivity index (χ1v) is 5.62. The van der Waals surface area contributed by atoms with Crippen LogP contribution in [0.25, 0.3) is 0 Å². The van der Waals surface area contributed by atoms with Gasteiger partial charge in [-0.1, -0.05) is 29.5 Å². The van der Waals surface area contributed by atoms with E-state index in [2.05, 4.69) is 10.5 Å². The SMILES string of the molecule is Cc1cc(CNc2ccccc2C(N)=S)on1. The third kappa shape index (κ3) is 2.82. The van der Waals surface area contributed by atoms with Crippen molar-refractivity contribution in [1.82, 2.24) is 5.16 Å². The predicted molar refractivity (Wildman–Crippen MR) is 70.9 cm³/mol. The number of hydrogen-bond donors (Lipinski definition) is 2. The third-order valence-electron chi connectivity index (χ3n) is 2.32. The number of hydrogen-bond acceptors (Lipinski definition) is 4. The molecule has 0 aliphatic heterocycles. The fourth-order valence-corrected chi connectivity index (χ4v) is 1.71. The highest BCUT2D eigenvalue weighted by molar-refractivity contribution is 7.80. The van der Waals surface area contributed by atoms with Crippen LogP contribution in [-0.2, 0) is 6.54 Å². The van der Waals surface area contributed by atoms with E-state index in [1.54, 1.807) is 0 Å². The average Bonchev–Trinajstić information content (AvgIpc) is 2.73. The standard InChI is InChI=1S/C12H13N3OS/c1-8-6-9(16-15-8)7-14-11-5-3-2-4-10(11)12(13)17/h2-6,14H,7H2,1H3,(H2,13,17). The first-order chi connectivity index (χ1) is 8.16. The summed E-state index contributed by atoms with van der Waals surface area (Å²) < 4.78 is 5.11. The van der Waals surface area contributed by atoms with Crippen LogP contribution in [-0.4, -0.2) is 10.1 Å². The lowest BCUT2D eigenvalue weighted by molar-refractivity contribution is 0.384. The maximum Gasteiger partial charge on any atom is 0.156 e. The van der Waals surface area contributed by atoms with Crippen LogP contribution in [0.4, 0.5) is 5.69 Å². The van der Waals surface area contributed by atoms with Crippen LogP contribution in [0.15, 0.2) is 34.9 Å². The van der Waals surface area contributed by atoms with Gasteiger partial charge in [-0.25, -0.2) is 0 Å². The highest BCUT2D eigenvalue weighted by Gasteiger charge is 2.05. The van der Waals surface area contributed by atoms with E-state index >= 15 is 0 Å². The maximum absolute atomic E-state index is 5.64. The number of nitrogens with zero attached hydrogens (tertiary/aromatic N) is 1. The van der Waals surface area contributed by atoms with E-state index in [-0.39, 0.29) is 0 Å². The Morgan fingerprint density at radius 1 is 1.47 bits per heavy atom. The summed E-state index contributed by atoms with van der Waals surface area (Å²) >= 11 is 4.99. The Bertz CT molecular complexity index is 536. The van der Waals surface area contributed by atoms with E-state index in [0.29, 0.717) is 11.5 Å². The quantitative estimate of drug-likeness (QED) is 0.811. The molecule has 1 heterocycles. The molecule has 0 atom stereocenters. The second-order valence-electron chi connectivity index (χ2n) is 3.70. The van der Waals surface area contributed by atoms with Crippen LogP contribution in [0.1, 0.15) is 17.0 Å². The molecule has 0 aliphatic rings. The van der Waals surface area contributed by atoms with Crippen LogP contribution < -0.4 is 11.1 Å². The molecule has 17 heavy (non-hydrogen) atoms. The van der Waals surface area contributed by atoms with Crippen LogP contribution in [0, 0.1) is 6.92 Å². The Labute approximate surface area is 105 Å². The summed E-state index contributed by atoms with van der Waals surface area (Å²) in [6.45, 7) is 2.44. The lowest BCUT2D eigenvalue weighted by atomic mass is 10.2. The van der Waals surface area contributed by atoms with E-state index in [9.17, 15) is 0 Å². The predicted octanol–water partition coefficient (Wildman–Crippen LogP) is 2.23. The smallest absolute Gasteiger partial charge is 0.156 e. The van der Waals surface area contributed by atoms with Gasteiger partial charge < -0.3 is 15.6 Å². The summed E-state index contributed by atoms with van der Waals surface area (Å²) in [4.78, 5) is 0.377. The Morgan fingerprint density at radius 3 is 2.88 bits per heavy atom. The molecule has 2 aromatic rings. The van der Waals surface area contributed by atoms with E-state index in [0.717, 1.165) is 22.7 Å². The van der Waals surface area contributed by atoms with Crippen molar-refractivity contribution in [2.45, 2.75) is 13.5 Å². The maximum atomic E-state index is 5.64. The molecule has 0 fully saturated rings. The number of aromatic nitrogens is 1. The molecule has 0 amide bonds. The molecule has 0 saturated carbocycles. The third-order valence-corrected chi connectivity index (χ3v) is 2.54.